The van der Waals surface area contributed by atoms with Gasteiger partial charge in [0.1, 0.15) is 5.57 Å². The Kier molecular flexibility index (Phi) is 5.36. The number of carbonyl (C=O) groups excluding carboxylic acids is 2. The zero-order chi connectivity index (χ0) is 21.4. The molecule has 0 spiro atoms. The van der Waals surface area contributed by atoms with Crippen LogP contribution in [0.1, 0.15) is 17.0 Å². The van der Waals surface area contributed by atoms with E-state index in [-0.39, 0.29) is 10.7 Å². The second kappa shape index (κ2) is 7.97. The molecule has 6 nitrogen and oxygen atoms in total. The Morgan fingerprint density at radius 3 is 2.50 bits per heavy atom. The molecule has 0 bridgehead atoms. The van der Waals surface area contributed by atoms with Crippen LogP contribution < -0.4 is 10.2 Å². The minimum absolute atomic E-state index is 0.0259. The van der Waals surface area contributed by atoms with Crippen LogP contribution in [0.4, 0.5) is 5.69 Å². The van der Waals surface area contributed by atoms with Crippen molar-refractivity contribution < 1.29 is 9.59 Å². The smallest absolute Gasteiger partial charge is 0.270 e. The molecule has 0 saturated carbocycles. The summed E-state index contributed by atoms with van der Waals surface area (Å²) in [6, 6.07) is 12.9. The van der Waals surface area contributed by atoms with Gasteiger partial charge in [0, 0.05) is 22.1 Å². The molecule has 3 heterocycles. The first-order valence-electron chi connectivity index (χ1n) is 9.13. The van der Waals surface area contributed by atoms with Crippen molar-refractivity contribution in [3.63, 3.8) is 0 Å². The molecule has 8 heteroatoms. The highest BCUT2D eigenvalue weighted by molar-refractivity contribution is 9.10. The van der Waals surface area contributed by atoms with Crippen molar-refractivity contribution in [3.05, 3.63) is 81.9 Å². The summed E-state index contributed by atoms with van der Waals surface area (Å²) >= 11 is 8.63. The van der Waals surface area contributed by atoms with Gasteiger partial charge in [0.05, 0.1) is 17.6 Å². The van der Waals surface area contributed by atoms with E-state index in [4.69, 9.17) is 12.2 Å². The van der Waals surface area contributed by atoms with Crippen molar-refractivity contribution >= 4 is 56.8 Å². The summed E-state index contributed by atoms with van der Waals surface area (Å²) in [7, 11) is 0. The molecule has 150 valence electrons. The molecule has 30 heavy (non-hydrogen) atoms. The number of thiocarbonyl (C=S) groups is 1. The largest absolute Gasteiger partial charge is 0.316 e. The molecule has 1 aliphatic heterocycles. The highest BCUT2D eigenvalue weighted by atomic mass is 79.9. The lowest BCUT2D eigenvalue weighted by Gasteiger charge is -2.29. The van der Waals surface area contributed by atoms with Crippen LogP contribution in [-0.2, 0) is 9.59 Å². The normalized spacial score (nSPS) is 15.6. The van der Waals surface area contributed by atoms with Gasteiger partial charge >= 0.3 is 0 Å². The van der Waals surface area contributed by atoms with E-state index in [9.17, 15) is 9.59 Å². The molecule has 0 unspecified atom stereocenters. The number of nitrogens with one attached hydrogen (secondary N) is 1. The third-order valence-electron chi connectivity index (χ3n) is 4.86. The first-order chi connectivity index (χ1) is 14.4. The van der Waals surface area contributed by atoms with Crippen LogP contribution in [0.2, 0.25) is 0 Å². The van der Waals surface area contributed by atoms with Crippen LogP contribution in [-0.4, -0.2) is 26.5 Å². The van der Waals surface area contributed by atoms with Crippen LogP contribution in [0.15, 0.2) is 64.9 Å². The van der Waals surface area contributed by atoms with Gasteiger partial charge in [-0.1, -0.05) is 15.9 Å². The fraction of sp³-hybridized carbons (Fsp3) is 0.0909. The third-order valence-corrected chi connectivity index (χ3v) is 5.67. The SMILES string of the molecule is Cc1cc(/C=C2\C(=O)NC(=S)N(c3ccc(Br)cc3)C2=O)c(C)n1-c1cccnc1. The van der Waals surface area contributed by atoms with E-state index < -0.39 is 11.8 Å². The highest BCUT2D eigenvalue weighted by Gasteiger charge is 2.34. The molecule has 1 fully saturated rings. The zero-order valence-corrected chi connectivity index (χ0v) is 18.6. The lowest BCUT2D eigenvalue weighted by molar-refractivity contribution is -0.122. The van der Waals surface area contributed by atoms with Crippen molar-refractivity contribution in [2.24, 2.45) is 0 Å². The lowest BCUT2D eigenvalue weighted by Crippen LogP contribution is -2.54. The first-order valence-corrected chi connectivity index (χ1v) is 10.3. The minimum Gasteiger partial charge on any atom is -0.316 e. The topological polar surface area (TPSA) is 67.2 Å². The fourth-order valence-corrected chi connectivity index (χ4v) is 4.00. The summed E-state index contributed by atoms with van der Waals surface area (Å²) < 4.78 is 2.91. The number of anilines is 1. The second-order valence-electron chi connectivity index (χ2n) is 6.81. The van der Waals surface area contributed by atoms with Crippen molar-refractivity contribution in [1.29, 1.82) is 0 Å². The Morgan fingerprint density at radius 1 is 1.10 bits per heavy atom. The first kappa shape index (κ1) is 20.2. The molecule has 0 radical (unpaired) electrons. The predicted octanol–water partition coefficient (Wildman–Crippen LogP) is 4.08. The third kappa shape index (κ3) is 3.59. The van der Waals surface area contributed by atoms with Crippen LogP contribution in [0.3, 0.4) is 0 Å². The molecule has 1 N–H and O–H groups in total. The lowest BCUT2D eigenvalue weighted by atomic mass is 10.1. The van der Waals surface area contributed by atoms with Crippen molar-refractivity contribution in [1.82, 2.24) is 14.9 Å². The van der Waals surface area contributed by atoms with E-state index in [1.54, 1.807) is 30.6 Å². The summed E-state index contributed by atoms with van der Waals surface area (Å²) in [6.07, 6.45) is 5.09. The number of benzene rings is 1. The summed E-state index contributed by atoms with van der Waals surface area (Å²) in [5.41, 5.74) is 4.17. The Hall–Kier alpha value is -3.10. The van der Waals surface area contributed by atoms with E-state index >= 15 is 0 Å². The summed E-state index contributed by atoms with van der Waals surface area (Å²) in [5.74, 6) is -0.971. The van der Waals surface area contributed by atoms with E-state index in [1.165, 1.54) is 4.90 Å². The van der Waals surface area contributed by atoms with Crippen LogP contribution in [0.5, 0.6) is 0 Å². The number of halogens is 1. The molecule has 0 aliphatic carbocycles. The number of rotatable bonds is 3. The Bertz CT molecular complexity index is 1200. The van der Waals surface area contributed by atoms with E-state index in [1.807, 2.05) is 48.7 Å². The van der Waals surface area contributed by atoms with Crippen molar-refractivity contribution in [2.45, 2.75) is 13.8 Å². The number of pyridine rings is 1. The van der Waals surface area contributed by atoms with Gasteiger partial charge in [-0.05, 0) is 80.2 Å². The number of hydrogen-bond donors (Lipinski definition) is 1. The monoisotopic (exact) mass is 480 g/mol. The van der Waals surface area contributed by atoms with Crippen LogP contribution >= 0.6 is 28.1 Å². The van der Waals surface area contributed by atoms with E-state index in [2.05, 4.69) is 26.2 Å². The Morgan fingerprint density at radius 2 is 1.83 bits per heavy atom. The maximum Gasteiger partial charge on any atom is 0.270 e. The second-order valence-corrected chi connectivity index (χ2v) is 8.11. The van der Waals surface area contributed by atoms with E-state index in [0.29, 0.717) is 5.69 Å². The quantitative estimate of drug-likeness (QED) is 0.348. The molecule has 1 aliphatic rings. The number of amides is 2. The Labute approximate surface area is 187 Å². The number of carbonyl (C=O) groups is 2. The standard InChI is InChI=1S/C22H17BrN4O2S/c1-13-10-15(14(2)26(13)18-4-3-9-24-12-18)11-19-20(28)25-22(30)27(21(19)29)17-7-5-16(23)6-8-17/h3-12H,1-2H3,(H,25,28,30)/b19-11+. The maximum atomic E-state index is 13.2. The maximum absolute atomic E-state index is 13.2. The molecular weight excluding hydrogens is 464 g/mol. The molecule has 1 saturated heterocycles. The summed E-state index contributed by atoms with van der Waals surface area (Å²) in [5, 5.41) is 2.68. The average molecular weight is 481 g/mol. The van der Waals surface area contributed by atoms with Gasteiger partial charge in [-0.3, -0.25) is 24.8 Å². The molecular formula is C22H17BrN4O2S. The van der Waals surface area contributed by atoms with Crippen molar-refractivity contribution in [2.75, 3.05) is 4.90 Å². The van der Waals surface area contributed by atoms with E-state index in [0.717, 1.165) is 27.1 Å². The van der Waals surface area contributed by atoms with Crippen LogP contribution in [0.25, 0.3) is 11.8 Å². The van der Waals surface area contributed by atoms with Crippen molar-refractivity contribution in [3.8, 4) is 5.69 Å². The molecule has 2 amide bonds. The Balaban J connectivity index is 1.76. The molecule has 1 aromatic carbocycles. The number of aromatic nitrogens is 2. The molecule has 0 atom stereocenters. The van der Waals surface area contributed by atoms with Gasteiger partial charge in [-0.25, -0.2) is 0 Å². The summed E-state index contributed by atoms with van der Waals surface area (Å²) in [4.78, 5) is 31.3. The highest BCUT2D eigenvalue weighted by Crippen LogP contribution is 2.26. The summed E-state index contributed by atoms with van der Waals surface area (Å²) in [6.45, 7) is 3.91. The molecule has 3 aromatic rings. The van der Waals surface area contributed by atoms with Crippen LogP contribution in [0, 0.1) is 13.8 Å². The number of hydrogen-bond acceptors (Lipinski definition) is 4. The van der Waals surface area contributed by atoms with Gasteiger partial charge in [-0.15, -0.1) is 0 Å². The van der Waals surface area contributed by atoms with Gasteiger partial charge < -0.3 is 4.57 Å². The average Bonchev–Trinajstić information content (AvgIpc) is 3.00. The number of aryl methyl sites for hydroxylation is 1. The minimum atomic E-state index is -0.510. The van der Waals surface area contributed by atoms with Gasteiger partial charge in [0.2, 0.25) is 0 Å². The number of nitrogens with zero attached hydrogens (tertiary/aromatic N) is 3. The van der Waals surface area contributed by atoms with Gasteiger partial charge in [-0.2, -0.15) is 0 Å². The fourth-order valence-electron chi connectivity index (χ4n) is 3.45. The van der Waals surface area contributed by atoms with Gasteiger partial charge in [0.15, 0.2) is 5.11 Å². The van der Waals surface area contributed by atoms with Gasteiger partial charge in [0.25, 0.3) is 11.8 Å². The zero-order valence-electron chi connectivity index (χ0n) is 16.2. The molecule has 2 aromatic heterocycles. The predicted molar refractivity (Wildman–Crippen MR) is 123 cm³/mol. The molecule has 4 rings (SSSR count).